The van der Waals surface area contributed by atoms with Crippen LogP contribution in [0.4, 0.5) is 0 Å². The number of ketones is 1. The first-order valence-electron chi connectivity index (χ1n) is 6.49. The monoisotopic (exact) mass is 378 g/mol. The van der Waals surface area contributed by atoms with E-state index in [0.29, 0.717) is 5.75 Å². The molecule has 8 nitrogen and oxygen atoms in total. The van der Waals surface area contributed by atoms with E-state index in [1.165, 1.54) is 31.4 Å². The summed E-state index contributed by atoms with van der Waals surface area (Å²) in [5.74, 6) is -2.77. The van der Waals surface area contributed by atoms with Crippen molar-refractivity contribution in [3.63, 3.8) is 0 Å². The number of hydrogen-bond acceptors (Lipinski definition) is 7. The van der Waals surface area contributed by atoms with Crippen LogP contribution in [-0.2, 0) is 10.1 Å². The maximum absolute atomic E-state index is 12.5. The summed E-state index contributed by atoms with van der Waals surface area (Å²) in [4.78, 5) is 11.6. The Bertz CT molecular complexity index is 891. The van der Waals surface area contributed by atoms with E-state index in [4.69, 9.17) is 4.74 Å². The summed E-state index contributed by atoms with van der Waals surface area (Å²) in [5.41, 5.74) is -0.400. The van der Waals surface area contributed by atoms with Gasteiger partial charge in [0.1, 0.15) is 10.6 Å². The summed E-state index contributed by atoms with van der Waals surface area (Å²) >= 11 is 0. The van der Waals surface area contributed by atoms with Gasteiger partial charge in [0.2, 0.25) is 5.75 Å². The van der Waals surface area contributed by atoms with Gasteiger partial charge in [-0.05, 0) is 30.3 Å². The number of phenolic OH excluding ortho intramolecular Hbond substituents is 2. The van der Waals surface area contributed by atoms with Crippen molar-refractivity contribution in [2.75, 3.05) is 14.2 Å². The second-order valence-corrected chi connectivity index (χ2v) is 6.08. The zero-order valence-electron chi connectivity index (χ0n) is 12.7. The van der Waals surface area contributed by atoms with Gasteiger partial charge >= 0.3 is 29.6 Å². The molecular weight excluding hydrogens is 363 g/mol. The number of phenols is 2. The van der Waals surface area contributed by atoms with Crippen molar-refractivity contribution >= 4 is 45.5 Å². The van der Waals surface area contributed by atoms with Gasteiger partial charge in [0.05, 0.1) is 19.8 Å². The number of hydrogen-bond donors (Lipinski definition) is 3. The SMILES string of the molecule is COc1ccc(C(=O)c2cc(S(=O)(=O)O)c(OC)c(O)c2O)cc1.[NaH]. The molecule has 0 saturated heterocycles. The number of benzene rings is 2. The van der Waals surface area contributed by atoms with Crippen molar-refractivity contribution in [2.24, 2.45) is 0 Å². The fourth-order valence-electron chi connectivity index (χ4n) is 2.08. The first kappa shape index (κ1) is 21.3. The number of rotatable bonds is 5. The van der Waals surface area contributed by atoms with Crippen LogP contribution in [0.5, 0.6) is 23.0 Å². The van der Waals surface area contributed by atoms with Gasteiger partial charge in [0, 0.05) is 5.56 Å². The van der Waals surface area contributed by atoms with Crippen LogP contribution in [0.15, 0.2) is 35.2 Å². The number of carbonyl (C=O) groups is 1. The zero-order valence-corrected chi connectivity index (χ0v) is 13.5. The molecule has 0 heterocycles. The second kappa shape index (κ2) is 8.07. The average molecular weight is 378 g/mol. The fourth-order valence-corrected chi connectivity index (χ4v) is 2.76. The van der Waals surface area contributed by atoms with Gasteiger partial charge in [0.15, 0.2) is 17.3 Å². The third-order valence-electron chi connectivity index (χ3n) is 3.27. The molecule has 0 radical (unpaired) electrons. The summed E-state index contributed by atoms with van der Waals surface area (Å²) in [6.07, 6.45) is 0. The van der Waals surface area contributed by atoms with Crippen molar-refractivity contribution in [1.82, 2.24) is 0 Å². The van der Waals surface area contributed by atoms with E-state index < -0.39 is 43.6 Å². The number of methoxy groups -OCH3 is 2. The number of aromatic hydroxyl groups is 2. The molecule has 0 spiro atoms. The van der Waals surface area contributed by atoms with E-state index in [1.54, 1.807) is 0 Å². The molecule has 0 saturated carbocycles. The molecular formula is C15H15NaO8S. The molecule has 0 aliphatic rings. The third kappa shape index (κ3) is 4.25. The Hall–Kier alpha value is -1.78. The molecule has 130 valence electrons. The summed E-state index contributed by atoms with van der Waals surface area (Å²) in [5, 5.41) is 19.9. The number of ether oxygens (including phenoxy) is 2. The van der Waals surface area contributed by atoms with Crippen LogP contribution < -0.4 is 9.47 Å². The molecule has 0 bridgehead atoms. The summed E-state index contributed by atoms with van der Waals surface area (Å²) in [6, 6.07) is 6.52. The normalized spacial score (nSPS) is 10.7. The number of carbonyl (C=O) groups excluding carboxylic acids is 1. The van der Waals surface area contributed by atoms with Gasteiger partial charge in [-0.2, -0.15) is 8.42 Å². The molecule has 0 aliphatic heterocycles. The Balaban J connectivity index is 0.00000312. The standard InChI is InChI=1S/C15H14O8S.Na.H/c1-22-9-5-3-8(4-6-9)12(16)10-7-11(24(19,20)21)15(23-2)14(18)13(10)17;;/h3-7,17-18H,1-2H3,(H,19,20,21);;. The van der Waals surface area contributed by atoms with Crippen molar-refractivity contribution in [1.29, 1.82) is 0 Å². The molecule has 10 heteroatoms. The summed E-state index contributed by atoms with van der Waals surface area (Å²) < 4.78 is 41.7. The minimum absolute atomic E-state index is 0. The predicted octanol–water partition coefficient (Wildman–Crippen LogP) is 0.944. The van der Waals surface area contributed by atoms with Crippen LogP contribution in [0, 0.1) is 0 Å². The van der Waals surface area contributed by atoms with Gasteiger partial charge in [-0.25, -0.2) is 0 Å². The van der Waals surface area contributed by atoms with Gasteiger partial charge in [-0.3, -0.25) is 9.35 Å². The molecule has 0 unspecified atom stereocenters. The Kier molecular flexibility index (Phi) is 6.86. The van der Waals surface area contributed by atoms with Crippen molar-refractivity contribution < 1.29 is 37.5 Å². The molecule has 0 fully saturated rings. The Morgan fingerprint density at radius 2 is 1.56 bits per heavy atom. The molecule has 2 rings (SSSR count). The topological polar surface area (TPSA) is 130 Å². The van der Waals surface area contributed by atoms with Crippen LogP contribution >= 0.6 is 0 Å². The van der Waals surface area contributed by atoms with Crippen molar-refractivity contribution in [3.05, 3.63) is 41.5 Å². The molecule has 3 N–H and O–H groups in total. The zero-order chi connectivity index (χ0) is 18.1. The third-order valence-corrected chi connectivity index (χ3v) is 4.13. The van der Waals surface area contributed by atoms with E-state index >= 15 is 0 Å². The molecule has 0 atom stereocenters. The van der Waals surface area contributed by atoms with E-state index in [0.717, 1.165) is 13.2 Å². The average Bonchev–Trinajstić information content (AvgIpc) is 2.55. The van der Waals surface area contributed by atoms with Crippen LogP contribution in [0.1, 0.15) is 15.9 Å². The van der Waals surface area contributed by atoms with E-state index in [-0.39, 0.29) is 35.1 Å². The minimum atomic E-state index is -4.80. The van der Waals surface area contributed by atoms with E-state index in [9.17, 15) is 28.0 Å². The predicted molar refractivity (Wildman–Crippen MR) is 89.7 cm³/mol. The van der Waals surface area contributed by atoms with Crippen LogP contribution in [0.2, 0.25) is 0 Å². The maximum atomic E-state index is 12.5. The van der Waals surface area contributed by atoms with Gasteiger partial charge in [0.25, 0.3) is 10.1 Å². The molecule has 2 aromatic rings. The molecule has 25 heavy (non-hydrogen) atoms. The van der Waals surface area contributed by atoms with Gasteiger partial charge < -0.3 is 19.7 Å². The molecule has 0 aliphatic carbocycles. The molecule has 0 aromatic heterocycles. The first-order valence-corrected chi connectivity index (χ1v) is 7.93. The molecule has 0 amide bonds. The second-order valence-electron chi connectivity index (χ2n) is 4.69. The van der Waals surface area contributed by atoms with Crippen molar-refractivity contribution in [3.8, 4) is 23.0 Å². The van der Waals surface area contributed by atoms with Crippen LogP contribution in [-0.4, -0.2) is 72.7 Å². The van der Waals surface area contributed by atoms with Gasteiger partial charge in [-0.15, -0.1) is 0 Å². The summed E-state index contributed by atoms with van der Waals surface area (Å²) in [7, 11) is -2.32. The molecule has 2 aromatic carbocycles. The summed E-state index contributed by atoms with van der Waals surface area (Å²) in [6.45, 7) is 0. The Morgan fingerprint density at radius 1 is 1.00 bits per heavy atom. The van der Waals surface area contributed by atoms with Crippen LogP contribution in [0.25, 0.3) is 0 Å². The quantitative estimate of drug-likeness (QED) is 0.303. The fraction of sp³-hybridized carbons (Fsp3) is 0.133. The first-order chi connectivity index (χ1) is 11.2. The van der Waals surface area contributed by atoms with Gasteiger partial charge in [-0.1, -0.05) is 0 Å². The van der Waals surface area contributed by atoms with E-state index in [1.807, 2.05) is 0 Å². The Morgan fingerprint density at radius 3 is 2.00 bits per heavy atom. The van der Waals surface area contributed by atoms with Crippen molar-refractivity contribution in [2.45, 2.75) is 4.90 Å². The van der Waals surface area contributed by atoms with E-state index in [2.05, 4.69) is 4.74 Å². The Labute approximate surface area is 166 Å². The van der Waals surface area contributed by atoms with Crippen LogP contribution in [0.3, 0.4) is 0 Å².